The van der Waals surface area contributed by atoms with Crippen LogP contribution in [-0.2, 0) is 5.41 Å². The lowest BCUT2D eigenvalue weighted by atomic mass is 9.82. The first-order valence-corrected chi connectivity index (χ1v) is 18.4. The van der Waals surface area contributed by atoms with Gasteiger partial charge in [0.1, 0.15) is 0 Å². The number of hydrogen-bond acceptors (Lipinski definition) is 2. The van der Waals surface area contributed by atoms with Gasteiger partial charge >= 0.3 is 0 Å². The zero-order valence-corrected chi connectivity index (χ0v) is 30.1. The van der Waals surface area contributed by atoms with Crippen molar-refractivity contribution < 1.29 is 0 Å². The Kier molecular flexibility index (Phi) is 7.22. The van der Waals surface area contributed by atoms with Gasteiger partial charge in [-0.25, -0.2) is 4.98 Å². The number of pyridine rings is 1. The molecule has 54 heavy (non-hydrogen) atoms. The fourth-order valence-corrected chi connectivity index (χ4v) is 8.50. The van der Waals surface area contributed by atoms with Crippen LogP contribution >= 0.6 is 0 Å². The molecule has 0 saturated carbocycles. The molecule has 1 aliphatic rings. The van der Waals surface area contributed by atoms with Crippen LogP contribution in [0.2, 0.25) is 0 Å². The summed E-state index contributed by atoms with van der Waals surface area (Å²) in [5, 5.41) is 12.3. The fourth-order valence-electron chi connectivity index (χ4n) is 8.50. The van der Waals surface area contributed by atoms with E-state index in [1.807, 2.05) is 24.3 Å². The van der Waals surface area contributed by atoms with Gasteiger partial charge < -0.3 is 4.57 Å². The summed E-state index contributed by atoms with van der Waals surface area (Å²) in [5.41, 5.74) is 17.3. The lowest BCUT2D eigenvalue weighted by Gasteiger charge is -2.22. The molecule has 0 saturated heterocycles. The highest BCUT2D eigenvalue weighted by Crippen LogP contribution is 2.51. The maximum atomic E-state index is 9.88. The van der Waals surface area contributed by atoms with Crippen LogP contribution in [0.5, 0.6) is 0 Å². The number of fused-ring (bicyclic) bond motifs is 6. The number of nitrogens with zero attached hydrogens (tertiary/aromatic N) is 3. The van der Waals surface area contributed by atoms with Gasteiger partial charge in [0.25, 0.3) is 0 Å². The third-order valence-electron chi connectivity index (χ3n) is 11.2. The maximum absolute atomic E-state index is 9.88. The minimum Gasteiger partial charge on any atom is -0.309 e. The van der Waals surface area contributed by atoms with Gasteiger partial charge in [-0.2, -0.15) is 5.26 Å². The van der Waals surface area contributed by atoms with Crippen molar-refractivity contribution >= 4 is 21.8 Å². The first-order valence-electron chi connectivity index (χ1n) is 18.4. The minimum absolute atomic E-state index is 0.137. The normalized spacial score (nSPS) is 12.8. The Morgan fingerprint density at radius 3 is 1.91 bits per heavy atom. The molecule has 0 amide bonds. The highest BCUT2D eigenvalue weighted by atomic mass is 15.0. The molecule has 1 aliphatic carbocycles. The average Bonchev–Trinajstić information content (AvgIpc) is 3.68. The van der Waals surface area contributed by atoms with Gasteiger partial charge in [-0.3, -0.25) is 0 Å². The van der Waals surface area contributed by atoms with E-state index in [0.717, 1.165) is 56.0 Å². The second-order valence-electron chi connectivity index (χ2n) is 14.8. The Morgan fingerprint density at radius 2 is 1.11 bits per heavy atom. The molecular weight excluding hydrogens is 655 g/mol. The highest BCUT2D eigenvalue weighted by Gasteiger charge is 2.36. The first-order chi connectivity index (χ1) is 26.5. The number of aromatic nitrogens is 2. The molecule has 0 spiro atoms. The zero-order chi connectivity index (χ0) is 36.4. The van der Waals surface area contributed by atoms with Gasteiger partial charge in [0, 0.05) is 33.0 Å². The summed E-state index contributed by atoms with van der Waals surface area (Å²) in [6.07, 6.45) is 0. The van der Waals surface area contributed by atoms with Gasteiger partial charge in [-0.1, -0.05) is 129 Å². The molecule has 3 nitrogen and oxygen atoms in total. The van der Waals surface area contributed by atoms with Crippen LogP contribution in [0, 0.1) is 11.3 Å². The summed E-state index contributed by atoms with van der Waals surface area (Å²) >= 11 is 0. The molecule has 0 N–H and O–H groups in total. The summed E-state index contributed by atoms with van der Waals surface area (Å²) in [5.74, 6) is 0. The van der Waals surface area contributed by atoms with Crippen LogP contribution in [0.15, 0.2) is 176 Å². The van der Waals surface area contributed by atoms with Crippen LogP contribution in [0.4, 0.5) is 0 Å². The molecule has 0 fully saturated rings. The van der Waals surface area contributed by atoms with Crippen molar-refractivity contribution in [1.82, 2.24) is 9.55 Å². The summed E-state index contributed by atoms with van der Waals surface area (Å²) in [6.45, 7) is 4.68. The first kappa shape index (κ1) is 31.7. The van der Waals surface area contributed by atoms with Crippen LogP contribution in [0.1, 0.15) is 30.5 Å². The quantitative estimate of drug-likeness (QED) is 0.180. The predicted molar refractivity (Wildman–Crippen MR) is 223 cm³/mol. The Morgan fingerprint density at radius 1 is 0.463 bits per heavy atom. The molecular formula is C51H35N3. The van der Waals surface area contributed by atoms with Crippen molar-refractivity contribution in [2.75, 3.05) is 0 Å². The van der Waals surface area contributed by atoms with E-state index >= 15 is 0 Å². The van der Waals surface area contributed by atoms with E-state index in [9.17, 15) is 5.26 Å². The molecule has 2 heterocycles. The number of hydrogen-bond donors (Lipinski definition) is 0. The molecule has 7 aromatic carbocycles. The van der Waals surface area contributed by atoms with E-state index in [4.69, 9.17) is 4.98 Å². The Labute approximate surface area is 315 Å². The van der Waals surface area contributed by atoms with E-state index in [0.29, 0.717) is 5.56 Å². The van der Waals surface area contributed by atoms with E-state index < -0.39 is 0 Å². The van der Waals surface area contributed by atoms with Gasteiger partial charge in [-0.05, 0) is 105 Å². The van der Waals surface area contributed by atoms with Gasteiger partial charge in [-0.15, -0.1) is 0 Å². The van der Waals surface area contributed by atoms with Crippen molar-refractivity contribution in [2.45, 2.75) is 19.3 Å². The second-order valence-corrected chi connectivity index (χ2v) is 14.8. The van der Waals surface area contributed by atoms with Gasteiger partial charge in [0.15, 0.2) is 0 Å². The average molecular weight is 690 g/mol. The smallest absolute Gasteiger partial charge is 0.0991 e. The van der Waals surface area contributed by atoms with Crippen molar-refractivity contribution in [2.24, 2.45) is 0 Å². The topological polar surface area (TPSA) is 41.6 Å². The van der Waals surface area contributed by atoms with Crippen LogP contribution in [0.3, 0.4) is 0 Å². The van der Waals surface area contributed by atoms with Crippen molar-refractivity contribution in [3.63, 3.8) is 0 Å². The highest BCUT2D eigenvalue weighted by molar-refractivity contribution is 6.11. The predicted octanol–water partition coefficient (Wildman–Crippen LogP) is 13.0. The van der Waals surface area contributed by atoms with Crippen molar-refractivity contribution in [3.8, 4) is 67.7 Å². The summed E-state index contributed by atoms with van der Waals surface area (Å²) in [6, 6.07) is 64.7. The fraction of sp³-hybridized carbons (Fsp3) is 0.0588. The molecule has 0 unspecified atom stereocenters. The van der Waals surface area contributed by atoms with Gasteiger partial charge in [0.05, 0.1) is 34.1 Å². The molecule has 254 valence electrons. The molecule has 0 aliphatic heterocycles. The molecule has 0 radical (unpaired) electrons. The molecule has 2 aromatic heterocycles. The van der Waals surface area contributed by atoms with Crippen molar-refractivity contribution in [1.29, 1.82) is 5.26 Å². The largest absolute Gasteiger partial charge is 0.309 e. The number of para-hydroxylation sites is 1. The number of rotatable bonds is 5. The van der Waals surface area contributed by atoms with E-state index in [1.54, 1.807) is 0 Å². The number of nitriles is 1. The van der Waals surface area contributed by atoms with Crippen LogP contribution in [-0.4, -0.2) is 9.55 Å². The summed E-state index contributed by atoms with van der Waals surface area (Å²) in [4.78, 5) is 5.34. The Bertz CT molecular complexity index is 2900. The molecule has 3 heteroatoms. The standard InChI is InChI=1S/C51H35N3/c1-51(2)45-22-11-9-20-41(45)43-30-44-42-21-10-12-23-49(42)54(50(44)31-46(43)51)40-26-37(36-19-13-14-33(24-36)32-52)25-39(27-40)48-29-38(34-15-5-3-6-16-34)28-47(53-48)35-17-7-4-8-18-35/h3-31H,1-2H3. The van der Waals surface area contributed by atoms with Crippen molar-refractivity contribution in [3.05, 3.63) is 193 Å². The molecule has 10 rings (SSSR count). The summed E-state index contributed by atoms with van der Waals surface area (Å²) < 4.78 is 2.42. The molecule has 9 aromatic rings. The summed E-state index contributed by atoms with van der Waals surface area (Å²) in [7, 11) is 0. The Balaban J connectivity index is 1.27. The zero-order valence-electron chi connectivity index (χ0n) is 30.1. The lowest BCUT2D eigenvalue weighted by Crippen LogP contribution is -2.15. The Hall–Kier alpha value is -7.02. The van der Waals surface area contributed by atoms with E-state index in [-0.39, 0.29) is 5.41 Å². The maximum Gasteiger partial charge on any atom is 0.0991 e. The van der Waals surface area contributed by atoms with E-state index in [2.05, 4.69) is 176 Å². The minimum atomic E-state index is -0.137. The lowest BCUT2D eigenvalue weighted by molar-refractivity contribution is 0.661. The molecule has 0 bridgehead atoms. The third kappa shape index (κ3) is 5.07. The van der Waals surface area contributed by atoms with Crippen LogP contribution < -0.4 is 0 Å². The SMILES string of the molecule is CC1(C)c2ccccc2-c2cc3c4ccccc4n(-c4cc(-c5cccc(C#N)c5)cc(-c5cc(-c6ccccc6)cc(-c6ccccc6)n5)c4)c3cc21. The third-order valence-corrected chi connectivity index (χ3v) is 11.2. The number of benzene rings is 7. The second kappa shape index (κ2) is 12.3. The van der Waals surface area contributed by atoms with E-state index in [1.165, 1.54) is 38.5 Å². The molecule has 0 atom stereocenters. The van der Waals surface area contributed by atoms with Crippen LogP contribution in [0.25, 0.3) is 83.4 Å². The van der Waals surface area contributed by atoms with Gasteiger partial charge in [0.2, 0.25) is 0 Å². The monoisotopic (exact) mass is 689 g/mol.